The molecule has 4 aromatic rings. The molecule has 0 aliphatic carbocycles. The number of fused-ring (bicyclic) bond motifs is 1. The van der Waals surface area contributed by atoms with Crippen LogP contribution < -0.4 is 4.72 Å². The summed E-state index contributed by atoms with van der Waals surface area (Å²) in [6, 6.07) is 24.0. The normalized spacial score (nSPS) is 13.4. The molecule has 2 atom stereocenters. The predicted octanol–water partition coefficient (Wildman–Crippen LogP) is 5.04. The van der Waals surface area contributed by atoms with Crippen molar-refractivity contribution < 1.29 is 12.8 Å². The second kappa shape index (κ2) is 7.50. The number of hydrogen-bond acceptors (Lipinski definition) is 3. The van der Waals surface area contributed by atoms with Crippen molar-refractivity contribution in [3.8, 4) is 0 Å². The zero-order chi connectivity index (χ0) is 18.8. The summed E-state index contributed by atoms with van der Waals surface area (Å²) in [6.45, 7) is 1.94. The van der Waals surface area contributed by atoms with Crippen molar-refractivity contribution in [3.63, 3.8) is 0 Å². The minimum absolute atomic E-state index is 0.328. The number of aryl methyl sites for hydroxylation is 1. The van der Waals surface area contributed by atoms with Crippen LogP contribution in [0, 0.1) is 6.92 Å². The molecule has 0 saturated heterocycles. The van der Waals surface area contributed by atoms with Crippen molar-refractivity contribution in [3.05, 3.63) is 84.4 Å². The molecule has 0 fully saturated rings. The summed E-state index contributed by atoms with van der Waals surface area (Å²) in [6.07, 6.45) is 0. The molecule has 0 radical (unpaired) electrons. The number of hydrogen-bond donors (Lipinski definition) is 1. The van der Waals surface area contributed by atoms with Crippen molar-refractivity contribution in [2.24, 2.45) is 0 Å². The van der Waals surface area contributed by atoms with Gasteiger partial charge in [-0.3, -0.25) is 4.72 Å². The van der Waals surface area contributed by atoms with E-state index in [2.05, 4.69) is 4.72 Å². The topological polar surface area (TPSA) is 59.3 Å². The molecule has 1 heterocycles. The molecule has 2 unspecified atom stereocenters. The van der Waals surface area contributed by atoms with Crippen molar-refractivity contribution in [1.29, 1.82) is 0 Å². The molecular weight excluding hydrogens is 378 g/mol. The molecule has 1 N–H and O–H groups in total. The van der Waals surface area contributed by atoms with E-state index in [0.717, 1.165) is 10.9 Å². The summed E-state index contributed by atoms with van der Waals surface area (Å²) in [4.78, 5) is 1.27. The van der Waals surface area contributed by atoms with Crippen LogP contribution in [-0.4, -0.2) is 8.42 Å². The third-order valence-electron chi connectivity index (χ3n) is 4.08. The number of benzene rings is 3. The Morgan fingerprint density at radius 1 is 0.852 bits per heavy atom. The molecule has 3 aromatic carbocycles. The number of rotatable bonds is 5. The molecule has 1 aromatic heterocycles. The van der Waals surface area contributed by atoms with Crippen LogP contribution in [0.3, 0.4) is 0 Å². The van der Waals surface area contributed by atoms with E-state index >= 15 is 0 Å². The van der Waals surface area contributed by atoms with Gasteiger partial charge in [-0.25, -0.2) is 8.42 Å². The van der Waals surface area contributed by atoms with Gasteiger partial charge in [0.15, 0.2) is 11.0 Å². The van der Waals surface area contributed by atoms with Gasteiger partial charge < -0.3 is 4.42 Å². The maximum atomic E-state index is 13.0. The van der Waals surface area contributed by atoms with E-state index in [9.17, 15) is 8.42 Å². The summed E-state index contributed by atoms with van der Waals surface area (Å²) in [5.41, 5.74) is 2.23. The van der Waals surface area contributed by atoms with Gasteiger partial charge in [0.05, 0.1) is 21.4 Å². The monoisotopic (exact) mass is 395 g/mol. The standard InChI is InChI=1S/C21H17NO3S2/c1-15-11-12-20(26(23)17-8-3-2-4-9-17)18(13-15)22-27(24)21-14-16-7-5-6-10-19(16)25-21/h2-14,22H,1H3. The van der Waals surface area contributed by atoms with Gasteiger partial charge in [0, 0.05) is 16.3 Å². The molecule has 0 bridgehead atoms. The lowest BCUT2D eigenvalue weighted by Crippen LogP contribution is -2.07. The van der Waals surface area contributed by atoms with Crippen LogP contribution in [0.2, 0.25) is 0 Å². The summed E-state index contributed by atoms with van der Waals surface area (Å²) in [5, 5.41) is 1.22. The van der Waals surface area contributed by atoms with Gasteiger partial charge in [-0.2, -0.15) is 0 Å². The van der Waals surface area contributed by atoms with Crippen LogP contribution in [0.4, 0.5) is 5.69 Å². The Bertz CT molecular complexity index is 1120. The zero-order valence-corrected chi connectivity index (χ0v) is 16.2. The first-order chi connectivity index (χ1) is 13.1. The highest BCUT2D eigenvalue weighted by Crippen LogP contribution is 2.28. The quantitative estimate of drug-likeness (QED) is 0.515. The summed E-state index contributed by atoms with van der Waals surface area (Å²) >= 11 is 0. The van der Waals surface area contributed by atoms with Crippen LogP contribution in [0.15, 0.2) is 98.2 Å². The average molecular weight is 396 g/mol. The Kier molecular flexibility index (Phi) is 4.92. The Balaban J connectivity index is 1.68. The van der Waals surface area contributed by atoms with Gasteiger partial charge in [-0.15, -0.1) is 0 Å². The van der Waals surface area contributed by atoms with E-state index < -0.39 is 21.8 Å². The Hall–Kier alpha value is -2.70. The van der Waals surface area contributed by atoms with Gasteiger partial charge >= 0.3 is 0 Å². The summed E-state index contributed by atoms with van der Waals surface area (Å²) < 4.78 is 34.4. The second-order valence-electron chi connectivity index (χ2n) is 6.06. The number of nitrogens with one attached hydrogen (secondary N) is 1. The SMILES string of the molecule is Cc1ccc(S(=O)c2ccccc2)c(NS(=O)c2cc3ccccc3o2)c1. The van der Waals surface area contributed by atoms with E-state index in [1.54, 1.807) is 12.1 Å². The fraction of sp³-hybridized carbons (Fsp3) is 0.0476. The first-order valence-corrected chi connectivity index (χ1v) is 10.7. The number of anilines is 1. The Morgan fingerprint density at radius 2 is 1.59 bits per heavy atom. The molecule has 6 heteroatoms. The minimum atomic E-state index is -1.61. The lowest BCUT2D eigenvalue weighted by molar-refractivity contribution is 0.504. The van der Waals surface area contributed by atoms with Crippen LogP contribution in [-0.2, 0) is 21.8 Å². The molecular formula is C21H17NO3S2. The van der Waals surface area contributed by atoms with Gasteiger partial charge in [0.1, 0.15) is 5.58 Å². The van der Waals surface area contributed by atoms with E-state index in [4.69, 9.17) is 4.42 Å². The molecule has 0 aliphatic heterocycles. The third-order valence-corrected chi connectivity index (χ3v) is 6.51. The molecule has 0 amide bonds. The highest BCUT2D eigenvalue weighted by atomic mass is 32.2. The van der Waals surface area contributed by atoms with Gasteiger partial charge in [-0.05, 0) is 42.8 Å². The van der Waals surface area contributed by atoms with Crippen molar-refractivity contribution in [2.45, 2.75) is 21.8 Å². The van der Waals surface area contributed by atoms with E-state index in [1.807, 2.05) is 73.7 Å². The Morgan fingerprint density at radius 3 is 2.37 bits per heavy atom. The molecule has 0 aliphatic rings. The Labute approximate surface area is 162 Å². The molecule has 136 valence electrons. The fourth-order valence-electron chi connectivity index (χ4n) is 2.76. The first kappa shape index (κ1) is 17.7. The van der Waals surface area contributed by atoms with Crippen molar-refractivity contribution >= 4 is 38.4 Å². The first-order valence-electron chi connectivity index (χ1n) is 8.36. The maximum Gasteiger partial charge on any atom is 0.212 e. The lowest BCUT2D eigenvalue weighted by atomic mass is 10.2. The van der Waals surface area contributed by atoms with Gasteiger partial charge in [0.25, 0.3) is 0 Å². The maximum absolute atomic E-state index is 13.0. The van der Waals surface area contributed by atoms with Gasteiger partial charge in [0.2, 0.25) is 5.09 Å². The number of para-hydroxylation sites is 1. The average Bonchev–Trinajstić information content (AvgIpc) is 3.13. The highest BCUT2D eigenvalue weighted by molar-refractivity contribution is 7.87. The predicted molar refractivity (Wildman–Crippen MR) is 109 cm³/mol. The van der Waals surface area contributed by atoms with E-state index in [-0.39, 0.29) is 0 Å². The zero-order valence-electron chi connectivity index (χ0n) is 14.5. The van der Waals surface area contributed by atoms with Crippen LogP contribution in [0.5, 0.6) is 0 Å². The number of furan rings is 1. The molecule has 4 nitrogen and oxygen atoms in total. The summed E-state index contributed by atoms with van der Waals surface area (Å²) in [5.74, 6) is 0. The second-order valence-corrected chi connectivity index (χ2v) is 8.65. The van der Waals surface area contributed by atoms with Gasteiger partial charge in [-0.1, -0.05) is 42.5 Å². The minimum Gasteiger partial charge on any atom is -0.445 e. The third kappa shape index (κ3) is 3.72. The van der Waals surface area contributed by atoms with Crippen molar-refractivity contribution in [1.82, 2.24) is 0 Å². The highest BCUT2D eigenvalue weighted by Gasteiger charge is 2.16. The van der Waals surface area contributed by atoms with Crippen LogP contribution in [0.1, 0.15) is 5.56 Å². The lowest BCUT2D eigenvalue weighted by Gasteiger charge is -2.11. The summed E-state index contributed by atoms with van der Waals surface area (Å²) in [7, 11) is -2.99. The van der Waals surface area contributed by atoms with Crippen molar-refractivity contribution in [2.75, 3.05) is 4.72 Å². The fourth-order valence-corrected chi connectivity index (χ4v) is 4.85. The molecule has 0 saturated carbocycles. The largest absolute Gasteiger partial charge is 0.445 e. The van der Waals surface area contributed by atoms with E-state index in [0.29, 0.717) is 26.2 Å². The van der Waals surface area contributed by atoms with Crippen LogP contribution >= 0.6 is 0 Å². The molecule has 0 spiro atoms. The molecule has 4 rings (SSSR count). The smallest absolute Gasteiger partial charge is 0.212 e. The van der Waals surface area contributed by atoms with E-state index in [1.165, 1.54) is 0 Å². The molecule has 27 heavy (non-hydrogen) atoms. The van der Waals surface area contributed by atoms with Crippen LogP contribution in [0.25, 0.3) is 11.0 Å².